The Morgan fingerprint density at radius 1 is 1.29 bits per heavy atom. The summed E-state index contributed by atoms with van der Waals surface area (Å²) in [6.45, 7) is 0. The molecular formula is C11H13N3O2S. The Hall–Kier alpha value is -1.95. The van der Waals surface area contributed by atoms with Gasteiger partial charge < -0.3 is 10.3 Å². The van der Waals surface area contributed by atoms with Gasteiger partial charge in [0.2, 0.25) is 0 Å². The van der Waals surface area contributed by atoms with E-state index in [9.17, 15) is 8.42 Å². The first kappa shape index (κ1) is 11.5. The molecule has 0 aliphatic rings. The first-order valence-electron chi connectivity index (χ1n) is 4.98. The Morgan fingerprint density at radius 3 is 2.65 bits per heavy atom. The zero-order chi connectivity index (χ0) is 12.5. The van der Waals surface area contributed by atoms with Crippen molar-refractivity contribution in [2.75, 3.05) is 10.5 Å². The molecule has 0 atom stereocenters. The number of rotatable bonds is 3. The molecule has 0 aliphatic carbocycles. The van der Waals surface area contributed by atoms with Crippen LogP contribution in [0.1, 0.15) is 0 Å². The monoisotopic (exact) mass is 251 g/mol. The van der Waals surface area contributed by atoms with E-state index in [2.05, 4.69) is 4.72 Å². The van der Waals surface area contributed by atoms with Gasteiger partial charge in [-0.25, -0.2) is 8.42 Å². The molecule has 2 rings (SSSR count). The van der Waals surface area contributed by atoms with E-state index in [1.807, 2.05) is 0 Å². The predicted molar refractivity (Wildman–Crippen MR) is 67.1 cm³/mol. The fourth-order valence-corrected chi connectivity index (χ4v) is 2.55. The molecule has 0 aliphatic heterocycles. The topological polar surface area (TPSA) is 77.1 Å². The van der Waals surface area contributed by atoms with E-state index >= 15 is 0 Å². The van der Waals surface area contributed by atoms with Crippen molar-refractivity contribution in [3.8, 4) is 0 Å². The maximum Gasteiger partial charge on any atom is 0.263 e. The van der Waals surface area contributed by atoms with E-state index in [1.54, 1.807) is 42.1 Å². The van der Waals surface area contributed by atoms with Gasteiger partial charge in [-0.3, -0.25) is 4.72 Å². The molecule has 0 spiro atoms. The molecule has 2 aromatic rings. The molecule has 0 bridgehead atoms. The molecule has 0 saturated heterocycles. The zero-order valence-corrected chi connectivity index (χ0v) is 10.1. The van der Waals surface area contributed by atoms with Gasteiger partial charge in [-0.15, -0.1) is 0 Å². The van der Waals surface area contributed by atoms with Gasteiger partial charge in [0.1, 0.15) is 4.90 Å². The maximum absolute atomic E-state index is 12.0. The van der Waals surface area contributed by atoms with Crippen molar-refractivity contribution in [3.63, 3.8) is 0 Å². The Bertz CT molecular complexity index is 632. The van der Waals surface area contributed by atoms with Crippen LogP contribution in [0.5, 0.6) is 0 Å². The van der Waals surface area contributed by atoms with Crippen LogP contribution in [-0.4, -0.2) is 13.0 Å². The molecule has 0 unspecified atom stereocenters. The zero-order valence-electron chi connectivity index (χ0n) is 9.29. The number of anilines is 2. The number of hydrogen-bond acceptors (Lipinski definition) is 3. The number of hydrogen-bond donors (Lipinski definition) is 2. The highest BCUT2D eigenvalue weighted by molar-refractivity contribution is 7.92. The van der Waals surface area contributed by atoms with E-state index < -0.39 is 10.0 Å². The number of nitrogen functional groups attached to an aromatic ring is 1. The number of nitrogens with two attached hydrogens (primary N) is 1. The minimum absolute atomic E-state index is 0.224. The lowest BCUT2D eigenvalue weighted by Crippen LogP contribution is -2.12. The van der Waals surface area contributed by atoms with Crippen LogP contribution in [0.4, 0.5) is 11.4 Å². The van der Waals surface area contributed by atoms with Crippen molar-refractivity contribution in [2.24, 2.45) is 7.05 Å². The Kier molecular flexibility index (Phi) is 2.81. The molecule has 6 heteroatoms. The van der Waals surface area contributed by atoms with Gasteiger partial charge in [0.05, 0.1) is 5.69 Å². The summed E-state index contributed by atoms with van der Waals surface area (Å²) in [5, 5.41) is 0. The summed E-state index contributed by atoms with van der Waals surface area (Å²) in [6, 6.07) is 8.14. The molecule has 0 fully saturated rings. The highest BCUT2D eigenvalue weighted by Gasteiger charge is 2.14. The van der Waals surface area contributed by atoms with Crippen LogP contribution in [0.25, 0.3) is 0 Å². The molecule has 3 N–H and O–H groups in total. The van der Waals surface area contributed by atoms with Gasteiger partial charge in [0.15, 0.2) is 0 Å². The second kappa shape index (κ2) is 4.14. The van der Waals surface area contributed by atoms with Crippen LogP contribution >= 0.6 is 0 Å². The van der Waals surface area contributed by atoms with Gasteiger partial charge >= 0.3 is 0 Å². The lowest BCUT2D eigenvalue weighted by atomic mass is 10.3. The lowest BCUT2D eigenvalue weighted by Gasteiger charge is -2.06. The van der Waals surface area contributed by atoms with E-state index in [0.717, 1.165) is 0 Å². The minimum Gasteiger partial charge on any atom is -0.399 e. The third-order valence-corrected chi connectivity index (χ3v) is 3.62. The van der Waals surface area contributed by atoms with Crippen molar-refractivity contribution in [2.45, 2.75) is 4.90 Å². The maximum atomic E-state index is 12.0. The highest BCUT2D eigenvalue weighted by atomic mass is 32.2. The second-order valence-electron chi connectivity index (χ2n) is 3.74. The summed E-state index contributed by atoms with van der Waals surface area (Å²) >= 11 is 0. The van der Waals surface area contributed by atoms with Gasteiger partial charge in [-0.05, 0) is 24.3 Å². The Labute approximate surface area is 99.9 Å². The fraction of sp³-hybridized carbons (Fsp3) is 0.0909. The van der Waals surface area contributed by atoms with E-state index in [-0.39, 0.29) is 4.90 Å². The smallest absolute Gasteiger partial charge is 0.263 e. The molecule has 90 valence electrons. The number of benzene rings is 1. The molecule has 17 heavy (non-hydrogen) atoms. The van der Waals surface area contributed by atoms with E-state index in [4.69, 9.17) is 5.73 Å². The summed E-state index contributed by atoms with van der Waals surface area (Å²) in [6.07, 6.45) is 3.21. The van der Waals surface area contributed by atoms with Gasteiger partial charge in [0.25, 0.3) is 10.0 Å². The molecule has 0 radical (unpaired) electrons. The first-order chi connectivity index (χ1) is 7.97. The number of aromatic nitrogens is 1. The summed E-state index contributed by atoms with van der Waals surface area (Å²) < 4.78 is 28.1. The van der Waals surface area contributed by atoms with Crippen molar-refractivity contribution < 1.29 is 8.42 Å². The third kappa shape index (κ3) is 2.59. The van der Waals surface area contributed by atoms with Crippen LogP contribution in [0.3, 0.4) is 0 Å². The third-order valence-electron chi connectivity index (χ3n) is 2.25. The molecule has 0 saturated carbocycles. The lowest BCUT2D eigenvalue weighted by molar-refractivity contribution is 0.601. The molecular weight excluding hydrogens is 238 g/mol. The van der Waals surface area contributed by atoms with E-state index in [1.165, 1.54) is 12.3 Å². The first-order valence-corrected chi connectivity index (χ1v) is 6.46. The molecule has 1 aromatic carbocycles. The molecule has 1 aromatic heterocycles. The second-order valence-corrected chi connectivity index (χ2v) is 5.43. The Morgan fingerprint density at radius 2 is 2.06 bits per heavy atom. The van der Waals surface area contributed by atoms with E-state index in [0.29, 0.717) is 11.4 Å². The summed E-state index contributed by atoms with van der Waals surface area (Å²) in [5.74, 6) is 0. The minimum atomic E-state index is -3.54. The van der Waals surface area contributed by atoms with Gasteiger partial charge in [-0.2, -0.15) is 0 Å². The summed E-state index contributed by atoms with van der Waals surface area (Å²) in [7, 11) is -1.77. The van der Waals surface area contributed by atoms with Crippen LogP contribution in [-0.2, 0) is 17.1 Å². The number of aryl methyl sites for hydroxylation is 1. The van der Waals surface area contributed by atoms with Crippen LogP contribution in [0.15, 0.2) is 47.6 Å². The highest BCUT2D eigenvalue weighted by Crippen LogP contribution is 2.17. The van der Waals surface area contributed by atoms with Gasteiger partial charge in [0, 0.05) is 25.1 Å². The normalized spacial score (nSPS) is 11.4. The SMILES string of the molecule is Cn1ccc(S(=O)(=O)Nc2cccc(N)c2)c1. The number of sulfonamides is 1. The Balaban J connectivity index is 2.29. The average Bonchev–Trinajstić information content (AvgIpc) is 2.65. The average molecular weight is 251 g/mol. The molecule has 1 heterocycles. The van der Waals surface area contributed by atoms with Crippen molar-refractivity contribution in [3.05, 3.63) is 42.7 Å². The van der Waals surface area contributed by atoms with Crippen LogP contribution in [0, 0.1) is 0 Å². The molecule has 5 nitrogen and oxygen atoms in total. The van der Waals surface area contributed by atoms with Crippen LogP contribution in [0.2, 0.25) is 0 Å². The standard InChI is InChI=1S/C11H13N3O2S/c1-14-6-5-11(8-14)17(15,16)13-10-4-2-3-9(12)7-10/h2-8,13H,12H2,1H3. The number of nitrogens with one attached hydrogen (secondary N) is 1. The summed E-state index contributed by atoms with van der Waals surface area (Å²) in [4.78, 5) is 0.224. The fourth-order valence-electron chi connectivity index (χ4n) is 1.45. The van der Waals surface area contributed by atoms with Crippen molar-refractivity contribution in [1.29, 1.82) is 0 Å². The van der Waals surface area contributed by atoms with Crippen molar-refractivity contribution in [1.82, 2.24) is 4.57 Å². The largest absolute Gasteiger partial charge is 0.399 e. The predicted octanol–water partition coefficient (Wildman–Crippen LogP) is 1.41. The van der Waals surface area contributed by atoms with Crippen LogP contribution < -0.4 is 10.5 Å². The summed E-state index contributed by atoms with van der Waals surface area (Å²) in [5.41, 5.74) is 6.55. The van der Waals surface area contributed by atoms with Crippen molar-refractivity contribution >= 4 is 21.4 Å². The molecule has 0 amide bonds. The number of nitrogens with zero attached hydrogens (tertiary/aromatic N) is 1. The quantitative estimate of drug-likeness (QED) is 0.810. The van der Waals surface area contributed by atoms with Gasteiger partial charge in [-0.1, -0.05) is 6.07 Å².